The molecule has 0 nitrogen and oxygen atoms in total. The topological polar surface area (TPSA) is 0 Å². The van der Waals surface area contributed by atoms with Gasteiger partial charge in [0.15, 0.2) is 0 Å². The molecule has 0 spiro atoms. The van der Waals surface area contributed by atoms with Crippen molar-refractivity contribution >= 4 is 11.6 Å². The minimum absolute atomic E-state index is 0.374. The van der Waals surface area contributed by atoms with E-state index in [0.717, 1.165) is 12.8 Å². The summed E-state index contributed by atoms with van der Waals surface area (Å²) >= 11 is 6.19. The van der Waals surface area contributed by atoms with Crippen LogP contribution in [0.25, 0.3) is 0 Å². The summed E-state index contributed by atoms with van der Waals surface area (Å²) in [4.78, 5) is 0. The maximum atomic E-state index is 6.19. The molecule has 84 valence electrons. The number of rotatable bonds is 6. The maximum absolute atomic E-state index is 6.19. The van der Waals surface area contributed by atoms with Crippen molar-refractivity contribution in [1.82, 2.24) is 0 Å². The van der Waals surface area contributed by atoms with Gasteiger partial charge in [0.2, 0.25) is 0 Å². The molecule has 0 aliphatic heterocycles. The van der Waals surface area contributed by atoms with Crippen molar-refractivity contribution < 1.29 is 0 Å². The van der Waals surface area contributed by atoms with Gasteiger partial charge in [0.25, 0.3) is 0 Å². The summed E-state index contributed by atoms with van der Waals surface area (Å²) in [6.07, 6.45) is 5.86. The molecule has 0 fully saturated rings. The molecule has 0 bridgehead atoms. The van der Waals surface area contributed by atoms with Gasteiger partial charge < -0.3 is 0 Å². The number of aryl methyl sites for hydroxylation is 2. The first kappa shape index (κ1) is 12.6. The molecule has 0 aromatic heterocycles. The molecule has 0 amide bonds. The Morgan fingerprint density at radius 3 is 2.60 bits per heavy atom. The van der Waals surface area contributed by atoms with Crippen LogP contribution in [0.5, 0.6) is 0 Å². The average molecular weight is 225 g/mol. The van der Waals surface area contributed by atoms with E-state index in [2.05, 4.69) is 38.1 Å². The lowest BCUT2D eigenvalue weighted by Crippen LogP contribution is -1.99. The van der Waals surface area contributed by atoms with Gasteiger partial charge in [-0.25, -0.2) is 0 Å². The molecule has 1 unspecified atom stereocenters. The molecule has 15 heavy (non-hydrogen) atoms. The zero-order valence-electron chi connectivity index (χ0n) is 9.80. The first-order valence-corrected chi connectivity index (χ1v) is 6.36. The van der Waals surface area contributed by atoms with E-state index in [-0.39, 0.29) is 0 Å². The molecule has 0 aliphatic rings. The van der Waals surface area contributed by atoms with E-state index in [9.17, 15) is 0 Å². The fourth-order valence-corrected chi connectivity index (χ4v) is 2.23. The normalized spacial score (nSPS) is 12.7. The number of hydrogen-bond donors (Lipinski definition) is 0. The molecule has 0 aliphatic carbocycles. The Morgan fingerprint density at radius 2 is 1.93 bits per heavy atom. The highest BCUT2D eigenvalue weighted by molar-refractivity contribution is 6.20. The second-order valence-electron chi connectivity index (χ2n) is 4.20. The van der Waals surface area contributed by atoms with Gasteiger partial charge in [-0.2, -0.15) is 0 Å². The summed E-state index contributed by atoms with van der Waals surface area (Å²) in [5.74, 6) is 0. The van der Waals surface area contributed by atoms with Gasteiger partial charge in [-0.15, -0.1) is 11.6 Å². The fourth-order valence-electron chi connectivity index (χ4n) is 1.86. The van der Waals surface area contributed by atoms with Crippen LogP contribution in [0.3, 0.4) is 0 Å². The van der Waals surface area contributed by atoms with Crippen LogP contribution < -0.4 is 0 Å². The molecule has 1 atom stereocenters. The predicted octanol–water partition coefficient (Wildman–Crippen LogP) is 4.73. The molecule has 0 heterocycles. The van der Waals surface area contributed by atoms with Gasteiger partial charge in [-0.05, 0) is 43.7 Å². The van der Waals surface area contributed by atoms with Crippen LogP contribution in [-0.2, 0) is 6.42 Å². The standard InChI is InChI=1S/C14H21Cl/c1-3-7-14(15)11-6-10-13-9-5-4-8-12(13)2/h4-5,8-9,14H,3,6-7,10-11H2,1-2H3. The van der Waals surface area contributed by atoms with Crippen LogP contribution in [0.1, 0.15) is 43.7 Å². The van der Waals surface area contributed by atoms with Gasteiger partial charge in [-0.1, -0.05) is 37.6 Å². The van der Waals surface area contributed by atoms with Crippen molar-refractivity contribution in [3.05, 3.63) is 35.4 Å². The Bertz CT molecular complexity index is 280. The Labute approximate surface area is 98.7 Å². The van der Waals surface area contributed by atoms with E-state index >= 15 is 0 Å². The van der Waals surface area contributed by atoms with Gasteiger partial charge in [0.1, 0.15) is 0 Å². The average Bonchev–Trinajstić information content (AvgIpc) is 2.21. The lowest BCUT2D eigenvalue weighted by molar-refractivity contribution is 0.639. The van der Waals surface area contributed by atoms with Crippen molar-refractivity contribution in [1.29, 1.82) is 0 Å². The van der Waals surface area contributed by atoms with E-state index in [1.54, 1.807) is 0 Å². The third-order valence-corrected chi connectivity index (χ3v) is 3.26. The summed E-state index contributed by atoms with van der Waals surface area (Å²) < 4.78 is 0. The van der Waals surface area contributed by atoms with Gasteiger partial charge in [-0.3, -0.25) is 0 Å². The first-order valence-electron chi connectivity index (χ1n) is 5.92. The zero-order chi connectivity index (χ0) is 11.1. The first-order chi connectivity index (χ1) is 7.24. The summed E-state index contributed by atoms with van der Waals surface area (Å²) in [6.45, 7) is 4.37. The summed E-state index contributed by atoms with van der Waals surface area (Å²) in [7, 11) is 0. The summed E-state index contributed by atoms with van der Waals surface area (Å²) in [5.41, 5.74) is 2.87. The molecule has 1 aromatic rings. The van der Waals surface area contributed by atoms with Gasteiger partial charge >= 0.3 is 0 Å². The highest BCUT2D eigenvalue weighted by Crippen LogP contribution is 2.16. The van der Waals surface area contributed by atoms with Crippen molar-refractivity contribution in [3.8, 4) is 0 Å². The smallest absolute Gasteiger partial charge is 0.0336 e. The Kier molecular flexibility index (Phi) is 5.78. The Hall–Kier alpha value is -0.490. The van der Waals surface area contributed by atoms with E-state index in [1.807, 2.05) is 0 Å². The van der Waals surface area contributed by atoms with Crippen molar-refractivity contribution in [2.75, 3.05) is 0 Å². The zero-order valence-corrected chi connectivity index (χ0v) is 10.6. The summed E-state index contributed by atoms with van der Waals surface area (Å²) in [6, 6.07) is 8.62. The molecule has 1 heteroatoms. The third-order valence-electron chi connectivity index (χ3n) is 2.83. The lowest BCUT2D eigenvalue weighted by atomic mass is 10.0. The molecule has 0 N–H and O–H groups in total. The predicted molar refractivity (Wildman–Crippen MR) is 68.7 cm³/mol. The second kappa shape index (κ2) is 6.90. The highest BCUT2D eigenvalue weighted by Gasteiger charge is 2.03. The molecule has 0 saturated carbocycles. The maximum Gasteiger partial charge on any atom is 0.0336 e. The largest absolute Gasteiger partial charge is 0.123 e. The van der Waals surface area contributed by atoms with Crippen LogP contribution in [0.15, 0.2) is 24.3 Å². The molecule has 0 radical (unpaired) electrons. The second-order valence-corrected chi connectivity index (χ2v) is 4.82. The number of hydrogen-bond acceptors (Lipinski definition) is 0. The number of alkyl halides is 1. The summed E-state index contributed by atoms with van der Waals surface area (Å²) in [5, 5.41) is 0.374. The monoisotopic (exact) mass is 224 g/mol. The van der Waals surface area contributed by atoms with Crippen LogP contribution >= 0.6 is 11.6 Å². The van der Waals surface area contributed by atoms with Crippen LogP contribution in [0.4, 0.5) is 0 Å². The van der Waals surface area contributed by atoms with Crippen molar-refractivity contribution in [3.63, 3.8) is 0 Å². The molecule has 1 rings (SSSR count). The molecule has 0 saturated heterocycles. The van der Waals surface area contributed by atoms with Crippen LogP contribution in [0, 0.1) is 6.92 Å². The van der Waals surface area contributed by atoms with Gasteiger partial charge in [0.05, 0.1) is 0 Å². The van der Waals surface area contributed by atoms with E-state index < -0.39 is 0 Å². The number of benzene rings is 1. The molecular formula is C14H21Cl. The van der Waals surface area contributed by atoms with Crippen LogP contribution in [0.2, 0.25) is 0 Å². The van der Waals surface area contributed by atoms with E-state index in [0.29, 0.717) is 5.38 Å². The van der Waals surface area contributed by atoms with E-state index in [1.165, 1.54) is 30.4 Å². The van der Waals surface area contributed by atoms with Crippen molar-refractivity contribution in [2.24, 2.45) is 0 Å². The Balaban J connectivity index is 2.29. The Morgan fingerprint density at radius 1 is 1.20 bits per heavy atom. The lowest BCUT2D eigenvalue weighted by Gasteiger charge is -2.08. The highest BCUT2D eigenvalue weighted by atomic mass is 35.5. The minimum atomic E-state index is 0.374. The quantitative estimate of drug-likeness (QED) is 0.613. The van der Waals surface area contributed by atoms with Crippen molar-refractivity contribution in [2.45, 2.75) is 51.3 Å². The molecule has 1 aromatic carbocycles. The van der Waals surface area contributed by atoms with E-state index in [4.69, 9.17) is 11.6 Å². The van der Waals surface area contributed by atoms with Crippen LogP contribution in [-0.4, -0.2) is 5.38 Å². The third kappa shape index (κ3) is 4.70. The number of halogens is 1. The minimum Gasteiger partial charge on any atom is -0.123 e. The van der Waals surface area contributed by atoms with Gasteiger partial charge in [0, 0.05) is 5.38 Å². The fraction of sp³-hybridized carbons (Fsp3) is 0.571. The molecular weight excluding hydrogens is 204 g/mol. The SMILES string of the molecule is CCCC(Cl)CCCc1ccccc1C.